The Morgan fingerprint density at radius 1 is 1.42 bits per heavy atom. The Morgan fingerprint density at radius 2 is 2.12 bits per heavy atom. The first-order valence-electron chi connectivity index (χ1n) is 8.32. The number of carbonyl (C=O) groups is 2. The van der Waals surface area contributed by atoms with Gasteiger partial charge in [-0.1, -0.05) is 18.5 Å². The van der Waals surface area contributed by atoms with Crippen LogP contribution in [0.25, 0.3) is 0 Å². The lowest BCUT2D eigenvalue weighted by Crippen LogP contribution is -2.48. The van der Waals surface area contributed by atoms with Crippen molar-refractivity contribution in [1.29, 1.82) is 0 Å². The summed E-state index contributed by atoms with van der Waals surface area (Å²) in [6.07, 6.45) is 1.03. The molecular weight excluding hydrogens is 382 g/mol. The fourth-order valence-corrected chi connectivity index (χ4v) is 4.84. The predicted octanol–water partition coefficient (Wildman–Crippen LogP) is 2.02. The van der Waals surface area contributed by atoms with Gasteiger partial charge in [-0.3, -0.25) is 4.79 Å². The molecule has 1 heterocycles. The van der Waals surface area contributed by atoms with Crippen LogP contribution >= 0.6 is 11.6 Å². The fraction of sp³-hybridized carbons (Fsp3) is 0.529. The van der Waals surface area contributed by atoms with Crippen LogP contribution in [0.15, 0.2) is 18.2 Å². The molecule has 26 heavy (non-hydrogen) atoms. The Balaban J connectivity index is 2.06. The van der Waals surface area contributed by atoms with Crippen LogP contribution in [0, 0.1) is 0 Å². The number of hydrogen-bond donors (Lipinski definition) is 1. The molecule has 1 N–H and O–H groups in total. The monoisotopic (exact) mass is 403 g/mol. The van der Waals surface area contributed by atoms with Crippen molar-refractivity contribution in [3.05, 3.63) is 28.8 Å². The van der Waals surface area contributed by atoms with Gasteiger partial charge in [-0.05, 0) is 38.0 Å². The average Bonchev–Trinajstić information content (AvgIpc) is 2.92. The molecule has 1 aliphatic rings. The van der Waals surface area contributed by atoms with Gasteiger partial charge in [0.1, 0.15) is 11.3 Å². The third kappa shape index (κ3) is 4.88. The van der Waals surface area contributed by atoms with Crippen LogP contribution in [0.1, 0.15) is 37.0 Å². The van der Waals surface area contributed by atoms with Crippen molar-refractivity contribution < 1.29 is 27.9 Å². The number of ether oxygens (including phenoxy) is 1. The second-order valence-corrected chi connectivity index (χ2v) is 9.02. The minimum Gasteiger partial charge on any atom is -0.507 e. The van der Waals surface area contributed by atoms with Crippen molar-refractivity contribution in [3.8, 4) is 5.75 Å². The first-order valence-corrected chi connectivity index (χ1v) is 10.5. The molecule has 1 aliphatic heterocycles. The van der Waals surface area contributed by atoms with Crippen molar-refractivity contribution in [2.24, 2.45) is 0 Å². The molecule has 1 fully saturated rings. The van der Waals surface area contributed by atoms with Gasteiger partial charge in [-0.2, -0.15) is 0 Å². The Hall–Kier alpha value is -1.80. The Bertz CT molecular complexity index is 794. The summed E-state index contributed by atoms with van der Waals surface area (Å²) in [6, 6.07) is 3.35. The molecule has 0 unspecified atom stereocenters. The van der Waals surface area contributed by atoms with Crippen LogP contribution in [0.3, 0.4) is 0 Å². The van der Waals surface area contributed by atoms with Gasteiger partial charge in [-0.15, -0.1) is 0 Å². The quantitative estimate of drug-likeness (QED) is 0.729. The highest BCUT2D eigenvalue weighted by Gasteiger charge is 2.36. The number of phenols is 1. The molecular formula is C17H22ClNO6S. The van der Waals surface area contributed by atoms with E-state index in [0.717, 1.165) is 0 Å². The largest absolute Gasteiger partial charge is 0.507 e. The summed E-state index contributed by atoms with van der Waals surface area (Å²) in [5.41, 5.74) is -0.0965. The molecule has 0 radical (unpaired) electrons. The summed E-state index contributed by atoms with van der Waals surface area (Å²) < 4.78 is 28.5. The highest BCUT2D eigenvalue weighted by Crippen LogP contribution is 2.24. The van der Waals surface area contributed by atoms with Gasteiger partial charge in [0.25, 0.3) is 5.91 Å². The molecule has 2 atom stereocenters. The summed E-state index contributed by atoms with van der Waals surface area (Å²) in [4.78, 5) is 26.2. The van der Waals surface area contributed by atoms with Crippen LogP contribution in [-0.2, 0) is 19.4 Å². The molecule has 1 aromatic carbocycles. The lowest BCUT2D eigenvalue weighted by atomic mass is 10.1. The van der Waals surface area contributed by atoms with E-state index < -0.39 is 34.4 Å². The number of carbonyl (C=O) groups excluding carboxylic acids is 2. The predicted molar refractivity (Wildman–Crippen MR) is 97.1 cm³/mol. The van der Waals surface area contributed by atoms with E-state index in [4.69, 9.17) is 16.3 Å². The lowest BCUT2D eigenvalue weighted by Gasteiger charge is -2.33. The number of sulfone groups is 1. The number of esters is 1. The highest BCUT2D eigenvalue weighted by molar-refractivity contribution is 7.91. The maximum Gasteiger partial charge on any atom is 0.342 e. The molecule has 9 heteroatoms. The number of amides is 1. The summed E-state index contributed by atoms with van der Waals surface area (Å²) in [5, 5.41) is 10.0. The van der Waals surface area contributed by atoms with Gasteiger partial charge in [0.05, 0.1) is 11.5 Å². The normalized spacial score (nSPS) is 19.7. The van der Waals surface area contributed by atoms with Gasteiger partial charge in [0.2, 0.25) is 0 Å². The number of nitrogens with zero attached hydrogens (tertiary/aromatic N) is 1. The zero-order valence-electron chi connectivity index (χ0n) is 14.6. The van der Waals surface area contributed by atoms with Gasteiger partial charge < -0.3 is 14.7 Å². The van der Waals surface area contributed by atoms with Crippen LogP contribution in [0.5, 0.6) is 5.75 Å². The number of benzene rings is 1. The van der Waals surface area contributed by atoms with Crippen molar-refractivity contribution in [1.82, 2.24) is 4.90 Å². The van der Waals surface area contributed by atoms with Crippen LogP contribution in [0.4, 0.5) is 0 Å². The summed E-state index contributed by atoms with van der Waals surface area (Å²) >= 11 is 5.72. The number of aromatic hydroxyl groups is 1. The highest BCUT2D eigenvalue weighted by atomic mass is 35.5. The fourth-order valence-electron chi connectivity index (χ4n) is 2.96. The van der Waals surface area contributed by atoms with E-state index in [1.807, 2.05) is 13.8 Å². The van der Waals surface area contributed by atoms with Crippen LogP contribution < -0.4 is 0 Å². The van der Waals surface area contributed by atoms with E-state index >= 15 is 0 Å². The van der Waals surface area contributed by atoms with Crippen molar-refractivity contribution in [3.63, 3.8) is 0 Å². The van der Waals surface area contributed by atoms with E-state index in [1.54, 1.807) is 0 Å². The summed E-state index contributed by atoms with van der Waals surface area (Å²) in [6.45, 7) is 3.20. The molecule has 1 saturated heterocycles. The Labute approximate surface area is 157 Å². The van der Waals surface area contributed by atoms with E-state index in [0.29, 0.717) is 12.8 Å². The summed E-state index contributed by atoms with van der Waals surface area (Å²) in [7, 11) is -3.15. The second kappa shape index (κ2) is 8.26. The van der Waals surface area contributed by atoms with E-state index in [9.17, 15) is 23.1 Å². The molecule has 1 amide bonds. The summed E-state index contributed by atoms with van der Waals surface area (Å²) in [5.74, 6) is -1.67. The topological polar surface area (TPSA) is 101 Å². The lowest BCUT2D eigenvalue weighted by molar-refractivity contribution is -0.138. The second-order valence-electron chi connectivity index (χ2n) is 6.35. The minimum atomic E-state index is -3.15. The van der Waals surface area contributed by atoms with Crippen molar-refractivity contribution in [2.45, 2.75) is 38.8 Å². The number of rotatable bonds is 6. The van der Waals surface area contributed by atoms with E-state index in [1.165, 1.54) is 23.1 Å². The van der Waals surface area contributed by atoms with Gasteiger partial charge in [-0.25, -0.2) is 13.2 Å². The average molecular weight is 404 g/mol. The standard InChI is InChI=1S/C17H22ClNO6S/c1-3-11(2)19(13-6-7-26(23,24)10-13)16(21)9-25-17(22)14-5-4-12(18)8-15(14)20/h4-5,8,11,13,20H,3,6-7,9-10H2,1-2H3/t11-,13+/m1/s1. The number of phenolic OH excluding ortho intramolecular Hbond substituents is 1. The van der Waals surface area contributed by atoms with Crippen LogP contribution in [0.2, 0.25) is 5.02 Å². The maximum atomic E-state index is 12.6. The first-order chi connectivity index (χ1) is 12.1. The first kappa shape index (κ1) is 20.5. The molecule has 0 spiro atoms. The maximum absolute atomic E-state index is 12.6. The van der Waals surface area contributed by atoms with Gasteiger partial charge in [0, 0.05) is 17.1 Å². The molecule has 0 saturated carbocycles. The van der Waals surface area contributed by atoms with E-state index in [-0.39, 0.29) is 33.9 Å². The molecule has 0 aliphatic carbocycles. The van der Waals surface area contributed by atoms with Crippen molar-refractivity contribution >= 4 is 33.3 Å². The zero-order valence-corrected chi connectivity index (χ0v) is 16.2. The molecule has 1 aromatic rings. The third-order valence-corrected chi connectivity index (χ3v) is 6.45. The molecule has 144 valence electrons. The third-order valence-electron chi connectivity index (χ3n) is 4.46. The number of halogens is 1. The zero-order chi connectivity index (χ0) is 19.5. The van der Waals surface area contributed by atoms with Crippen molar-refractivity contribution in [2.75, 3.05) is 18.1 Å². The molecule has 2 rings (SSSR count). The number of hydrogen-bond acceptors (Lipinski definition) is 6. The minimum absolute atomic E-state index is 0.0519. The van der Waals surface area contributed by atoms with E-state index in [2.05, 4.69) is 0 Å². The Morgan fingerprint density at radius 3 is 2.65 bits per heavy atom. The smallest absolute Gasteiger partial charge is 0.342 e. The van der Waals surface area contributed by atoms with Gasteiger partial charge in [0.15, 0.2) is 16.4 Å². The molecule has 0 aromatic heterocycles. The SMILES string of the molecule is CC[C@@H](C)N(C(=O)COC(=O)c1ccc(Cl)cc1O)[C@H]1CCS(=O)(=O)C1. The van der Waals surface area contributed by atoms with Gasteiger partial charge >= 0.3 is 5.97 Å². The Kier molecular flexibility index (Phi) is 6.52. The van der Waals surface area contributed by atoms with Crippen LogP contribution in [-0.4, -0.2) is 60.5 Å². The molecule has 7 nitrogen and oxygen atoms in total. The molecule has 0 bridgehead atoms.